The third-order valence-electron chi connectivity index (χ3n) is 21.6. The topological polar surface area (TPSA) is 120 Å². The first-order valence-electron chi connectivity index (χ1n) is 44.6. The molecule has 700 valence electrons. The Labute approximate surface area is 796 Å². The minimum absolute atomic E-state index is 0.0363. The first-order valence-corrected chi connectivity index (χ1v) is 48.0. The Morgan fingerprint density at radius 2 is 1.09 bits per heavy atom. The number of alkyl halides is 1. The average Bonchev–Trinajstić information content (AvgIpc) is 0.749. The summed E-state index contributed by atoms with van der Waals surface area (Å²) in [5.41, 5.74) is 3.40. The van der Waals surface area contributed by atoms with Crippen LogP contribution >= 0.6 is 104 Å². The number of piperidine rings is 3. The molecular weight excluding hydrogens is 1770 g/mol. The van der Waals surface area contributed by atoms with Gasteiger partial charge in [-0.2, -0.15) is 5.26 Å². The molecule has 3 aliphatic heterocycles. The van der Waals surface area contributed by atoms with Gasteiger partial charge in [0, 0.05) is 91.1 Å². The number of halogens is 11. The van der Waals surface area contributed by atoms with Crippen LogP contribution in [-0.4, -0.2) is 138 Å². The molecule has 4 heterocycles. The van der Waals surface area contributed by atoms with Crippen LogP contribution in [0.1, 0.15) is 270 Å². The van der Waals surface area contributed by atoms with Gasteiger partial charge in [-0.05, 0) is 345 Å². The van der Waals surface area contributed by atoms with Crippen LogP contribution in [0.15, 0.2) is 97.2 Å². The van der Waals surface area contributed by atoms with Crippen molar-refractivity contribution in [1.29, 1.82) is 5.26 Å². The van der Waals surface area contributed by atoms with E-state index in [-0.39, 0.29) is 62.9 Å². The molecule has 0 N–H and O–H groups in total. The monoisotopic (exact) mass is 1910 g/mol. The van der Waals surface area contributed by atoms with E-state index in [2.05, 4.69) is 137 Å². The van der Waals surface area contributed by atoms with E-state index in [9.17, 15) is 8.78 Å². The Hall–Kier alpha value is -3.87. The zero-order valence-electron chi connectivity index (χ0n) is 79.2. The number of hydrogen-bond donors (Lipinski definition) is 0. The van der Waals surface area contributed by atoms with Crippen LogP contribution in [0, 0.1) is 64.0 Å². The van der Waals surface area contributed by atoms with Gasteiger partial charge in [0.15, 0.2) is 0 Å². The first kappa shape index (κ1) is 110. The van der Waals surface area contributed by atoms with Crippen LogP contribution < -0.4 is 18.9 Å². The number of ether oxygens (including phenoxy) is 8. The normalized spacial score (nSPS) is 20.1. The molecular formula is C101H146Cl9F2N5O8. The lowest BCUT2D eigenvalue weighted by atomic mass is 9.50. The highest BCUT2D eigenvalue weighted by molar-refractivity contribution is 6.36. The second kappa shape index (κ2) is 49.7. The Bertz CT molecular complexity index is 4220. The van der Waals surface area contributed by atoms with Gasteiger partial charge in [0.1, 0.15) is 45.4 Å². The number of rotatable bonds is 21. The summed E-state index contributed by atoms with van der Waals surface area (Å²) in [4.78, 5) is 11.1. The maximum absolute atomic E-state index is 14.6. The van der Waals surface area contributed by atoms with E-state index < -0.39 is 5.67 Å². The fourth-order valence-corrected chi connectivity index (χ4v) is 18.4. The molecule has 2 atom stereocenters. The number of nitriles is 1. The first-order chi connectivity index (χ1) is 57.9. The van der Waals surface area contributed by atoms with Gasteiger partial charge in [0.05, 0.1) is 84.9 Å². The summed E-state index contributed by atoms with van der Waals surface area (Å²) in [6, 6.07) is 29.3. The molecule has 6 aromatic rings. The summed E-state index contributed by atoms with van der Waals surface area (Å²) in [5.74, 6) is 5.86. The molecule has 0 amide bonds. The zero-order chi connectivity index (χ0) is 93.4. The van der Waals surface area contributed by atoms with Gasteiger partial charge in [0.25, 0.3) is 0 Å². The summed E-state index contributed by atoms with van der Waals surface area (Å²) >= 11 is 54.1. The van der Waals surface area contributed by atoms with E-state index in [0.717, 1.165) is 103 Å². The number of pyridine rings is 1. The van der Waals surface area contributed by atoms with Crippen LogP contribution in [-0.2, 0) is 32.0 Å². The highest BCUT2D eigenvalue weighted by Crippen LogP contribution is 2.60. The van der Waals surface area contributed by atoms with Crippen molar-refractivity contribution < 1.29 is 46.7 Å². The van der Waals surface area contributed by atoms with Crippen LogP contribution in [0.4, 0.5) is 8.78 Å². The van der Waals surface area contributed by atoms with Gasteiger partial charge in [-0.25, -0.2) is 13.8 Å². The van der Waals surface area contributed by atoms with Crippen LogP contribution in [0.5, 0.6) is 23.1 Å². The summed E-state index contributed by atoms with van der Waals surface area (Å²) in [5, 5.41) is 14.2. The molecule has 4 bridgehead atoms. The Morgan fingerprint density at radius 1 is 0.544 bits per heavy atom. The van der Waals surface area contributed by atoms with Crippen molar-refractivity contribution in [2.75, 3.05) is 72.3 Å². The molecule has 7 aliphatic rings. The Kier molecular flexibility index (Phi) is 43.7. The number of aryl methyl sites for hydroxylation is 1. The number of aromatic nitrogens is 1. The molecule has 7 fully saturated rings. The lowest BCUT2D eigenvalue weighted by molar-refractivity contribution is -0.128. The predicted molar refractivity (Wildman–Crippen MR) is 520 cm³/mol. The summed E-state index contributed by atoms with van der Waals surface area (Å²) in [6.07, 6.45) is 16.5. The highest BCUT2D eigenvalue weighted by Gasteiger charge is 2.51. The van der Waals surface area contributed by atoms with Gasteiger partial charge >= 0.3 is 0 Å². The van der Waals surface area contributed by atoms with Crippen molar-refractivity contribution in [3.05, 3.63) is 176 Å². The molecule has 24 heteroatoms. The van der Waals surface area contributed by atoms with E-state index in [1.165, 1.54) is 56.9 Å². The lowest BCUT2D eigenvalue weighted by Crippen LogP contribution is -2.49. The second-order valence-electron chi connectivity index (χ2n) is 41.9. The molecule has 0 radical (unpaired) electrons. The lowest BCUT2D eigenvalue weighted by Gasteiger charge is -2.57. The highest BCUT2D eigenvalue weighted by atomic mass is 35.5. The van der Waals surface area contributed by atoms with Gasteiger partial charge in [-0.1, -0.05) is 158 Å². The number of nitrogens with zero attached hydrogens (tertiary/aromatic N) is 5. The fourth-order valence-electron chi connectivity index (χ4n) is 16.2. The number of likely N-dealkylation sites (tertiary alicyclic amines) is 3. The van der Waals surface area contributed by atoms with Gasteiger partial charge in [0.2, 0.25) is 5.88 Å². The van der Waals surface area contributed by atoms with E-state index in [4.69, 9.17) is 148 Å². The molecule has 13 nitrogen and oxygen atoms in total. The smallest absolute Gasteiger partial charge is 0.233 e. The van der Waals surface area contributed by atoms with Gasteiger partial charge in [-0.3, -0.25) is 14.7 Å². The minimum Gasteiger partial charge on any atom is -0.493 e. The molecule has 0 unspecified atom stereocenters. The molecule has 125 heavy (non-hydrogen) atoms. The number of benzene rings is 5. The van der Waals surface area contributed by atoms with E-state index >= 15 is 0 Å². The van der Waals surface area contributed by atoms with Crippen molar-refractivity contribution in [3.8, 4) is 29.2 Å². The van der Waals surface area contributed by atoms with E-state index in [1.54, 1.807) is 66.9 Å². The van der Waals surface area contributed by atoms with Gasteiger partial charge < -0.3 is 37.9 Å². The Morgan fingerprint density at radius 3 is 1.58 bits per heavy atom. The maximum atomic E-state index is 14.6. The predicted octanol–water partition coefficient (Wildman–Crippen LogP) is 30.6. The second-order valence-corrected chi connectivity index (χ2v) is 45.7. The van der Waals surface area contributed by atoms with Crippen molar-refractivity contribution in [2.45, 2.75) is 309 Å². The van der Waals surface area contributed by atoms with Crippen LogP contribution in [0.3, 0.4) is 0 Å². The Balaban J connectivity index is 0.000000227. The molecule has 3 saturated heterocycles. The molecule has 0 spiro atoms. The quantitative estimate of drug-likeness (QED) is 0.0681. The molecule has 4 aliphatic carbocycles. The largest absolute Gasteiger partial charge is 0.493 e. The van der Waals surface area contributed by atoms with E-state index in [0.29, 0.717) is 128 Å². The molecule has 4 saturated carbocycles. The van der Waals surface area contributed by atoms with Crippen molar-refractivity contribution in [1.82, 2.24) is 19.7 Å². The summed E-state index contributed by atoms with van der Waals surface area (Å²) < 4.78 is 74.4. The summed E-state index contributed by atoms with van der Waals surface area (Å²) in [7, 11) is 0. The maximum Gasteiger partial charge on any atom is 0.233 e. The average molecular weight is 1920 g/mol. The third-order valence-corrected chi connectivity index (χ3v) is 23.9. The van der Waals surface area contributed by atoms with Crippen LogP contribution in [0.2, 0.25) is 45.2 Å². The molecule has 13 rings (SSSR count). The van der Waals surface area contributed by atoms with Crippen molar-refractivity contribution in [2.24, 2.45) is 39.9 Å². The zero-order valence-corrected chi connectivity index (χ0v) is 86.0. The summed E-state index contributed by atoms with van der Waals surface area (Å²) in [6.45, 7) is 59.4. The van der Waals surface area contributed by atoms with E-state index in [1.807, 2.05) is 85.7 Å². The fraction of sp³-hybridized carbons (Fsp3) is 0.644. The van der Waals surface area contributed by atoms with Crippen molar-refractivity contribution in [3.63, 3.8) is 0 Å². The third kappa shape index (κ3) is 42.7. The van der Waals surface area contributed by atoms with Gasteiger partial charge in [-0.15, -0.1) is 0 Å². The van der Waals surface area contributed by atoms with Crippen molar-refractivity contribution >= 4 is 104 Å². The standard InChI is InChI=1S/C18H27Cl2NO.C17H24ClF2NO.C16H23Cl2NO.C15H26O.C12H18ClNO2.C12H14ClNO.C11H14Cl2O/c1-13(15-9-16(19)11-17(20)10-15)21-7-5-14(6-8-21)12-22-18(2,3)4;1-12(2)22-11-17(20)4-6-21(7-5-17)10-14-8-13(3)9-15(18)16(14)19;1-16(2,3)20-12-6-5-9-19(10-12)11-13-14(17)7-4-8-15(13)18;1-14(2,3)16-10-15-7-11-4-12(8-15)6-13(5-11)9-15;1-8(2)15-11-10(13)6-9(7-14-11)16-12(3,4)5;1-12(2,3)8-15-11-5-4-10(13)6-9(11)7-14;1-11(2,3)7-14-10-5-8(12)4-9(13)6-10/h9-11,13-14H,5-8,12H2,1-4H3;8-9,12H,4-7,10-11H2,1-3H3;4,7-8,12H,5-6,9-11H2,1-3H3;11-13H,4-10H2,1-3H3;6-8H,1-5H3;4-6H,8H2,1-3H3;4-6H,7H2,1-3H3/t13-;;12-;;;;/m0.1..../s1. The number of hydrogen-bond acceptors (Lipinski definition) is 13. The molecule has 1 aromatic heterocycles. The van der Waals surface area contributed by atoms with Crippen LogP contribution in [0.25, 0.3) is 0 Å². The molecule has 5 aromatic carbocycles. The SMILES string of the molecule is CC(C)(C)COc1cc(Cl)cc(Cl)c1.CC(C)(C)COc1ccc(Cl)cc1C#N.CC(C)(C)OCC12CC3CC(CC(C3)C1)C2.CC(C)(C)O[C@@H]1CCCN(Cc2c(Cl)cccc2Cl)C1.CC(C)Oc1ncc(OC(C)(C)C)cc1Cl.C[C@@H](c1cc(Cl)cc(Cl)c1)N1CCC(COC(C)(C)C)CC1.Cc1cc(Cl)c(F)c(CN2CCC(F)(COC(C)C)CC2)c1. The minimum atomic E-state index is -1.26.